The van der Waals surface area contributed by atoms with Crippen LogP contribution in [-0.4, -0.2) is 25.4 Å². The van der Waals surface area contributed by atoms with Crippen molar-refractivity contribution in [1.29, 1.82) is 0 Å². The van der Waals surface area contributed by atoms with E-state index in [1.165, 1.54) is 18.2 Å². The molecule has 11 heteroatoms. The Kier molecular flexibility index (Phi) is 8.52. The normalized spacial score (nSPS) is 12.6. The Bertz CT molecular complexity index is 1320. The van der Waals surface area contributed by atoms with Crippen molar-refractivity contribution >= 4 is 33.4 Å². The van der Waals surface area contributed by atoms with E-state index >= 15 is 0 Å². The first kappa shape index (κ1) is 27.3. The first-order valence-electron chi connectivity index (χ1n) is 10.9. The average molecular weight is 541 g/mol. The molecule has 0 bridgehead atoms. The maximum atomic E-state index is 13.0. The zero-order valence-electron chi connectivity index (χ0n) is 19.4. The smallest absolute Gasteiger partial charge is 0.379 e. The molecule has 0 saturated carbocycles. The van der Waals surface area contributed by atoms with E-state index in [0.717, 1.165) is 18.2 Å². The van der Waals surface area contributed by atoms with Crippen LogP contribution < -0.4 is 9.50 Å². The van der Waals surface area contributed by atoms with Crippen LogP contribution in [0.1, 0.15) is 31.4 Å². The van der Waals surface area contributed by atoms with Gasteiger partial charge in [0.05, 0.1) is 5.56 Å². The number of nitrogens with zero attached hydrogens (tertiary/aromatic N) is 1. The van der Waals surface area contributed by atoms with Gasteiger partial charge in [-0.15, -0.1) is 0 Å². The second kappa shape index (κ2) is 11.2. The van der Waals surface area contributed by atoms with Gasteiger partial charge in [0.15, 0.2) is 0 Å². The summed E-state index contributed by atoms with van der Waals surface area (Å²) in [5.41, 5.74) is 0.0251. The van der Waals surface area contributed by atoms with Gasteiger partial charge in [0.1, 0.15) is 10.6 Å². The number of anilines is 1. The van der Waals surface area contributed by atoms with Crippen LogP contribution in [0.15, 0.2) is 77.7 Å². The number of hydrogen-bond acceptors (Lipinski definition) is 4. The van der Waals surface area contributed by atoms with Crippen molar-refractivity contribution in [3.8, 4) is 5.75 Å². The Balaban J connectivity index is 1.79. The highest BCUT2D eigenvalue weighted by atomic mass is 35.5. The first-order chi connectivity index (χ1) is 16.9. The maximum Gasteiger partial charge on any atom is 0.416 e. The maximum absolute atomic E-state index is 13.0. The van der Waals surface area contributed by atoms with Crippen LogP contribution >= 0.6 is 11.6 Å². The molecule has 1 N–H and O–H groups in total. The summed E-state index contributed by atoms with van der Waals surface area (Å²) in [5.74, 6) is -0.0906. The van der Waals surface area contributed by atoms with Gasteiger partial charge in [-0.3, -0.25) is 0 Å². The third-order valence-electron chi connectivity index (χ3n) is 5.39. The molecule has 3 aromatic carbocycles. The Morgan fingerprint density at radius 3 is 2.36 bits per heavy atom. The van der Waals surface area contributed by atoms with E-state index in [-0.39, 0.29) is 24.4 Å². The van der Waals surface area contributed by atoms with Crippen molar-refractivity contribution in [3.05, 3.63) is 88.9 Å². The van der Waals surface area contributed by atoms with E-state index in [2.05, 4.69) is 5.32 Å². The number of halogens is 4. The molecule has 1 atom stereocenters. The van der Waals surface area contributed by atoms with E-state index in [0.29, 0.717) is 28.8 Å². The lowest BCUT2D eigenvalue weighted by Crippen LogP contribution is -2.40. The average Bonchev–Trinajstić information content (AvgIpc) is 2.83. The third kappa shape index (κ3) is 7.14. The Hall–Kier alpha value is -3.24. The van der Waals surface area contributed by atoms with Gasteiger partial charge in [0.25, 0.3) is 0 Å². The molecule has 192 valence electrons. The van der Waals surface area contributed by atoms with Crippen LogP contribution in [0.2, 0.25) is 5.02 Å². The van der Waals surface area contributed by atoms with E-state index in [9.17, 15) is 26.4 Å². The molecule has 3 aromatic rings. The summed E-state index contributed by atoms with van der Waals surface area (Å²) in [6.45, 7) is 3.93. The highest BCUT2D eigenvalue weighted by Gasteiger charge is 2.32. The number of benzene rings is 3. The number of amides is 2. The molecule has 1 unspecified atom stereocenters. The van der Waals surface area contributed by atoms with Crippen LogP contribution in [-0.2, 0) is 22.8 Å². The van der Waals surface area contributed by atoms with Gasteiger partial charge in [-0.2, -0.15) is 21.6 Å². The highest BCUT2D eigenvalue weighted by Crippen LogP contribution is 2.31. The van der Waals surface area contributed by atoms with Crippen molar-refractivity contribution in [1.82, 2.24) is 4.90 Å². The molecular weight excluding hydrogens is 517 g/mol. The van der Waals surface area contributed by atoms with Gasteiger partial charge in [-0.25, -0.2) is 4.79 Å². The van der Waals surface area contributed by atoms with Crippen molar-refractivity contribution in [2.45, 2.75) is 43.9 Å². The lowest BCUT2D eigenvalue weighted by Gasteiger charge is -2.29. The number of rotatable bonds is 8. The van der Waals surface area contributed by atoms with Crippen molar-refractivity contribution in [3.63, 3.8) is 0 Å². The molecule has 0 heterocycles. The third-order valence-corrected chi connectivity index (χ3v) is 6.88. The summed E-state index contributed by atoms with van der Waals surface area (Å²) in [6.07, 6.45) is -4.04. The summed E-state index contributed by atoms with van der Waals surface area (Å²) < 4.78 is 69.3. The monoisotopic (exact) mass is 540 g/mol. The molecule has 6 nitrogen and oxygen atoms in total. The van der Waals surface area contributed by atoms with Crippen molar-refractivity contribution < 1.29 is 30.6 Å². The van der Waals surface area contributed by atoms with Crippen LogP contribution in [0.25, 0.3) is 0 Å². The molecule has 2 amide bonds. The zero-order valence-corrected chi connectivity index (χ0v) is 21.0. The molecule has 0 aliphatic rings. The summed E-state index contributed by atoms with van der Waals surface area (Å²) in [6, 6.07) is 15.5. The van der Waals surface area contributed by atoms with Crippen LogP contribution in [0, 0.1) is 0 Å². The number of alkyl halides is 3. The lowest BCUT2D eigenvalue weighted by atomic mass is 10.1. The molecule has 0 fully saturated rings. The van der Waals surface area contributed by atoms with E-state index in [1.807, 2.05) is 13.8 Å². The predicted octanol–water partition coefficient (Wildman–Crippen LogP) is 6.96. The Morgan fingerprint density at radius 1 is 1.06 bits per heavy atom. The van der Waals surface area contributed by atoms with E-state index in [4.69, 9.17) is 15.8 Å². The Morgan fingerprint density at radius 2 is 1.72 bits per heavy atom. The highest BCUT2D eigenvalue weighted by molar-refractivity contribution is 7.87. The van der Waals surface area contributed by atoms with Gasteiger partial charge in [0, 0.05) is 23.3 Å². The topological polar surface area (TPSA) is 75.7 Å². The van der Waals surface area contributed by atoms with Gasteiger partial charge >= 0.3 is 22.3 Å². The number of carbonyl (C=O) groups excluding carboxylic acids is 1. The van der Waals surface area contributed by atoms with Crippen molar-refractivity contribution in [2.75, 3.05) is 5.32 Å². The molecule has 3 rings (SSSR count). The second-order valence-corrected chi connectivity index (χ2v) is 10.0. The molecule has 0 spiro atoms. The molecular formula is C25H24ClF3N2O4S. The van der Waals surface area contributed by atoms with Gasteiger partial charge < -0.3 is 14.4 Å². The summed E-state index contributed by atoms with van der Waals surface area (Å²) in [5, 5.41) is 3.34. The SMILES string of the molecule is CCC(C)N(Cc1cccc(OS(=O)(=O)c2cccc(C(F)(F)F)c2)c1)C(=O)Nc1ccc(Cl)cc1. The van der Waals surface area contributed by atoms with Crippen LogP contribution in [0.4, 0.5) is 23.7 Å². The molecule has 0 saturated heterocycles. The predicted molar refractivity (Wildman–Crippen MR) is 131 cm³/mol. The quantitative estimate of drug-likeness (QED) is 0.313. The molecule has 0 aliphatic carbocycles. The van der Waals surface area contributed by atoms with Gasteiger partial charge in [-0.1, -0.05) is 36.7 Å². The minimum Gasteiger partial charge on any atom is -0.379 e. The Labute approximate surface area is 212 Å². The van der Waals surface area contributed by atoms with Gasteiger partial charge in [-0.05, 0) is 73.5 Å². The standard InChI is InChI=1S/C25H24ClF3N2O4S/c1-3-17(2)31(24(32)30-21-12-10-20(26)11-13-21)16-18-6-4-8-22(14-18)35-36(33,34)23-9-5-7-19(15-23)25(27,28)29/h4-15,17H,3,16H2,1-2H3,(H,30,32). The number of carbonyl (C=O) groups is 1. The van der Waals surface area contributed by atoms with Gasteiger partial charge in [0.2, 0.25) is 0 Å². The molecule has 0 radical (unpaired) electrons. The zero-order chi connectivity index (χ0) is 26.5. The molecule has 36 heavy (non-hydrogen) atoms. The minimum absolute atomic E-state index is 0.0906. The van der Waals surface area contributed by atoms with Crippen molar-refractivity contribution in [2.24, 2.45) is 0 Å². The number of urea groups is 1. The summed E-state index contributed by atoms with van der Waals surface area (Å²) in [4.78, 5) is 13.9. The molecule has 0 aliphatic heterocycles. The van der Waals surface area contributed by atoms with Crippen LogP contribution in [0.5, 0.6) is 5.75 Å². The fourth-order valence-corrected chi connectivity index (χ4v) is 4.37. The number of hydrogen-bond donors (Lipinski definition) is 1. The fourth-order valence-electron chi connectivity index (χ4n) is 3.27. The molecule has 0 aromatic heterocycles. The van der Waals surface area contributed by atoms with E-state index in [1.54, 1.807) is 35.2 Å². The number of nitrogens with one attached hydrogen (secondary N) is 1. The largest absolute Gasteiger partial charge is 0.416 e. The second-order valence-electron chi connectivity index (χ2n) is 8.03. The fraction of sp³-hybridized carbons (Fsp3) is 0.240. The van der Waals surface area contributed by atoms with E-state index < -0.39 is 26.8 Å². The summed E-state index contributed by atoms with van der Waals surface area (Å²) >= 11 is 5.89. The first-order valence-corrected chi connectivity index (χ1v) is 12.7. The lowest BCUT2D eigenvalue weighted by molar-refractivity contribution is -0.137. The summed E-state index contributed by atoms with van der Waals surface area (Å²) in [7, 11) is -4.53. The van der Waals surface area contributed by atoms with Crippen LogP contribution in [0.3, 0.4) is 0 Å². The minimum atomic E-state index is -4.70.